The number of aromatic nitrogens is 1. The number of pyridine rings is 1. The number of carbonyl (C=O) groups excluding carboxylic acids is 2. The van der Waals surface area contributed by atoms with Crippen molar-refractivity contribution in [2.24, 2.45) is 0 Å². The van der Waals surface area contributed by atoms with Gasteiger partial charge in [-0.2, -0.15) is 0 Å². The fourth-order valence-corrected chi connectivity index (χ4v) is 2.41. The van der Waals surface area contributed by atoms with Gasteiger partial charge in [0.05, 0.1) is 16.5 Å². The standard InChI is InChI=1S/C15H14N2O3S/c1-10(18)17-12-8-11(5-6-13(12)19)14(20)9-21-15-4-2-3-7-16-15/h2-8,19H,9H2,1H3,(H,17,18). The molecule has 2 N–H and O–H groups in total. The smallest absolute Gasteiger partial charge is 0.221 e. The molecule has 0 aliphatic rings. The van der Waals surface area contributed by atoms with Crippen LogP contribution in [-0.2, 0) is 4.79 Å². The summed E-state index contributed by atoms with van der Waals surface area (Å²) in [5.41, 5.74) is 0.663. The summed E-state index contributed by atoms with van der Waals surface area (Å²) in [5, 5.41) is 12.9. The van der Waals surface area contributed by atoms with Gasteiger partial charge in [-0.15, -0.1) is 0 Å². The van der Waals surface area contributed by atoms with Crippen molar-refractivity contribution in [2.75, 3.05) is 11.1 Å². The molecule has 0 saturated carbocycles. The molecule has 21 heavy (non-hydrogen) atoms. The maximum absolute atomic E-state index is 12.1. The van der Waals surface area contributed by atoms with E-state index in [2.05, 4.69) is 10.3 Å². The summed E-state index contributed by atoms with van der Waals surface area (Å²) in [4.78, 5) is 27.3. The molecule has 0 bridgehead atoms. The third-order valence-electron chi connectivity index (χ3n) is 2.62. The van der Waals surface area contributed by atoms with E-state index in [9.17, 15) is 14.7 Å². The maximum atomic E-state index is 12.1. The van der Waals surface area contributed by atoms with Crippen molar-refractivity contribution in [1.82, 2.24) is 4.98 Å². The van der Waals surface area contributed by atoms with Crippen molar-refractivity contribution in [2.45, 2.75) is 11.9 Å². The summed E-state index contributed by atoms with van der Waals surface area (Å²) in [6, 6.07) is 9.89. The van der Waals surface area contributed by atoms with E-state index >= 15 is 0 Å². The second kappa shape index (κ2) is 6.90. The number of thioether (sulfide) groups is 1. The average Bonchev–Trinajstić information content (AvgIpc) is 2.47. The second-order valence-electron chi connectivity index (χ2n) is 4.29. The average molecular weight is 302 g/mol. The molecule has 5 nitrogen and oxygen atoms in total. The molecule has 0 saturated heterocycles. The Balaban J connectivity index is 2.07. The Labute approximate surface area is 126 Å². The lowest BCUT2D eigenvalue weighted by atomic mass is 10.1. The van der Waals surface area contributed by atoms with Gasteiger partial charge in [0.25, 0.3) is 0 Å². The lowest BCUT2D eigenvalue weighted by Gasteiger charge is -2.07. The number of hydrogen-bond donors (Lipinski definition) is 2. The number of Topliss-reactive ketones (excluding diaryl/α,β-unsaturated/α-hetero) is 1. The van der Waals surface area contributed by atoms with Crippen molar-refractivity contribution < 1.29 is 14.7 Å². The Morgan fingerprint density at radius 1 is 1.29 bits per heavy atom. The number of aromatic hydroxyl groups is 1. The molecule has 0 atom stereocenters. The third-order valence-corrected chi connectivity index (χ3v) is 3.56. The second-order valence-corrected chi connectivity index (χ2v) is 5.29. The molecule has 0 spiro atoms. The van der Waals surface area contributed by atoms with Crippen molar-refractivity contribution >= 4 is 29.1 Å². The minimum absolute atomic E-state index is 0.0703. The summed E-state index contributed by atoms with van der Waals surface area (Å²) in [6.45, 7) is 1.34. The molecular weight excluding hydrogens is 288 g/mol. The van der Waals surface area contributed by atoms with Gasteiger partial charge < -0.3 is 10.4 Å². The lowest BCUT2D eigenvalue weighted by molar-refractivity contribution is -0.114. The molecule has 1 heterocycles. The monoisotopic (exact) mass is 302 g/mol. The molecule has 108 valence electrons. The van der Waals surface area contributed by atoms with Gasteiger partial charge in [-0.05, 0) is 30.3 Å². The normalized spacial score (nSPS) is 10.1. The van der Waals surface area contributed by atoms with E-state index in [0.717, 1.165) is 5.03 Å². The molecule has 0 fully saturated rings. The number of ketones is 1. The van der Waals surface area contributed by atoms with Crippen molar-refractivity contribution in [3.05, 3.63) is 48.2 Å². The summed E-state index contributed by atoms with van der Waals surface area (Å²) in [7, 11) is 0. The predicted molar refractivity (Wildman–Crippen MR) is 81.7 cm³/mol. The van der Waals surface area contributed by atoms with Crippen molar-refractivity contribution in [3.8, 4) is 5.75 Å². The van der Waals surface area contributed by atoms with Crippen LogP contribution >= 0.6 is 11.8 Å². The van der Waals surface area contributed by atoms with Crippen LogP contribution in [0.4, 0.5) is 5.69 Å². The highest BCUT2D eigenvalue weighted by molar-refractivity contribution is 7.99. The summed E-state index contributed by atoms with van der Waals surface area (Å²) in [5.74, 6) is -0.240. The van der Waals surface area contributed by atoms with Crippen LogP contribution in [0.5, 0.6) is 5.75 Å². The van der Waals surface area contributed by atoms with Gasteiger partial charge in [-0.1, -0.05) is 17.8 Å². The maximum Gasteiger partial charge on any atom is 0.221 e. The Kier molecular flexibility index (Phi) is 4.94. The van der Waals surface area contributed by atoms with Gasteiger partial charge >= 0.3 is 0 Å². The van der Waals surface area contributed by atoms with E-state index in [1.54, 1.807) is 6.20 Å². The lowest BCUT2D eigenvalue weighted by Crippen LogP contribution is -2.08. The highest BCUT2D eigenvalue weighted by atomic mass is 32.2. The largest absolute Gasteiger partial charge is 0.506 e. The number of hydrogen-bond acceptors (Lipinski definition) is 5. The Bertz CT molecular complexity index is 659. The predicted octanol–water partition coefficient (Wildman–Crippen LogP) is 2.72. The zero-order valence-electron chi connectivity index (χ0n) is 11.4. The highest BCUT2D eigenvalue weighted by Crippen LogP contribution is 2.25. The first kappa shape index (κ1) is 15.1. The topological polar surface area (TPSA) is 79.3 Å². The van der Waals surface area contributed by atoms with Gasteiger partial charge in [-0.25, -0.2) is 4.98 Å². The molecule has 0 unspecified atom stereocenters. The first-order valence-corrected chi connectivity index (χ1v) is 7.22. The van der Waals surface area contributed by atoms with Crippen molar-refractivity contribution in [3.63, 3.8) is 0 Å². The van der Waals surface area contributed by atoms with Crippen LogP contribution in [0.2, 0.25) is 0 Å². The number of nitrogens with one attached hydrogen (secondary N) is 1. The Morgan fingerprint density at radius 3 is 2.76 bits per heavy atom. The molecular formula is C15H14N2O3S. The molecule has 2 aromatic rings. The number of amides is 1. The van der Waals surface area contributed by atoms with E-state index < -0.39 is 0 Å². The fraction of sp³-hybridized carbons (Fsp3) is 0.133. The van der Waals surface area contributed by atoms with Crippen LogP contribution in [0.3, 0.4) is 0 Å². The van der Waals surface area contributed by atoms with E-state index in [0.29, 0.717) is 5.56 Å². The number of phenols is 1. The van der Waals surface area contributed by atoms with Crippen LogP contribution in [0.15, 0.2) is 47.6 Å². The Morgan fingerprint density at radius 2 is 2.10 bits per heavy atom. The van der Waals surface area contributed by atoms with E-state index in [4.69, 9.17) is 0 Å². The molecule has 0 aliphatic heterocycles. The van der Waals surface area contributed by atoms with Crippen molar-refractivity contribution in [1.29, 1.82) is 0 Å². The summed E-state index contributed by atoms with van der Waals surface area (Å²) in [6.07, 6.45) is 1.67. The zero-order valence-corrected chi connectivity index (χ0v) is 12.2. The van der Waals surface area contributed by atoms with Crippen LogP contribution in [0.25, 0.3) is 0 Å². The zero-order chi connectivity index (χ0) is 15.2. The van der Waals surface area contributed by atoms with E-state index in [1.807, 2.05) is 18.2 Å². The van der Waals surface area contributed by atoms with Crippen LogP contribution in [-0.4, -0.2) is 27.5 Å². The number of phenolic OH excluding ortho intramolecular Hbond substituents is 1. The molecule has 0 radical (unpaired) electrons. The van der Waals surface area contributed by atoms with Gasteiger partial charge in [0, 0.05) is 18.7 Å². The first-order valence-electron chi connectivity index (χ1n) is 6.24. The Hall–Kier alpha value is -2.34. The third kappa shape index (κ3) is 4.32. The number of carbonyl (C=O) groups is 2. The minimum Gasteiger partial charge on any atom is -0.506 e. The van der Waals surface area contributed by atoms with Gasteiger partial charge in [0.15, 0.2) is 5.78 Å². The number of nitrogens with zero attached hydrogens (tertiary/aromatic N) is 1. The number of anilines is 1. The molecule has 6 heteroatoms. The number of benzene rings is 1. The minimum atomic E-state index is -0.308. The molecule has 0 aliphatic carbocycles. The fourth-order valence-electron chi connectivity index (χ4n) is 1.65. The van der Waals surface area contributed by atoms with Gasteiger partial charge in [0.1, 0.15) is 5.75 Å². The van der Waals surface area contributed by atoms with E-state index in [-0.39, 0.29) is 28.9 Å². The molecule has 1 aromatic heterocycles. The highest BCUT2D eigenvalue weighted by Gasteiger charge is 2.11. The van der Waals surface area contributed by atoms with E-state index in [1.165, 1.54) is 36.9 Å². The SMILES string of the molecule is CC(=O)Nc1cc(C(=O)CSc2ccccn2)ccc1O. The number of rotatable bonds is 5. The molecule has 1 amide bonds. The molecule has 2 rings (SSSR count). The van der Waals surface area contributed by atoms with Crippen LogP contribution < -0.4 is 5.32 Å². The quantitative estimate of drug-likeness (QED) is 0.504. The van der Waals surface area contributed by atoms with Crippen LogP contribution in [0.1, 0.15) is 17.3 Å². The molecule has 1 aromatic carbocycles. The summed E-state index contributed by atoms with van der Waals surface area (Å²) < 4.78 is 0. The first-order chi connectivity index (χ1) is 10.1. The van der Waals surface area contributed by atoms with Gasteiger partial charge in [-0.3, -0.25) is 9.59 Å². The summed E-state index contributed by atoms with van der Waals surface area (Å²) >= 11 is 1.34. The van der Waals surface area contributed by atoms with Crippen LogP contribution in [0, 0.1) is 0 Å². The van der Waals surface area contributed by atoms with Gasteiger partial charge in [0.2, 0.25) is 5.91 Å².